The summed E-state index contributed by atoms with van der Waals surface area (Å²) in [6, 6.07) is 8.73. The van der Waals surface area contributed by atoms with E-state index in [1.807, 2.05) is 6.07 Å². The quantitative estimate of drug-likeness (QED) is 0.350. The number of ether oxygens (including phenoxy) is 2. The molecule has 11 nitrogen and oxygen atoms in total. The van der Waals surface area contributed by atoms with Gasteiger partial charge in [-0.2, -0.15) is 0 Å². The Morgan fingerprint density at radius 3 is 2.51 bits per heavy atom. The number of carbonyl (C=O) groups excluding carboxylic acids is 2. The summed E-state index contributed by atoms with van der Waals surface area (Å²) in [5.41, 5.74) is 1.14. The molecular formula is C25H33N5O6Si. The molecule has 1 aliphatic heterocycles. The molecule has 0 radical (unpaired) electrons. The number of hydrogen-bond acceptors (Lipinski definition) is 9. The van der Waals surface area contributed by atoms with E-state index < -0.39 is 38.8 Å². The van der Waals surface area contributed by atoms with Crippen LogP contribution in [0.5, 0.6) is 0 Å². The first-order chi connectivity index (χ1) is 17.4. The van der Waals surface area contributed by atoms with Crippen molar-refractivity contribution in [2.24, 2.45) is 0 Å². The van der Waals surface area contributed by atoms with E-state index in [4.69, 9.17) is 13.9 Å². The normalized spacial score (nSPS) is 22.2. The van der Waals surface area contributed by atoms with Gasteiger partial charge in [0.25, 0.3) is 5.91 Å². The Labute approximate surface area is 216 Å². The van der Waals surface area contributed by atoms with Crippen LogP contribution in [-0.2, 0) is 18.7 Å². The zero-order valence-electron chi connectivity index (χ0n) is 21.8. The monoisotopic (exact) mass is 527 g/mol. The second-order valence-electron chi connectivity index (χ2n) is 10.6. The lowest BCUT2D eigenvalue weighted by Gasteiger charge is -2.37. The summed E-state index contributed by atoms with van der Waals surface area (Å²) in [7, 11) is -2.12. The Morgan fingerprint density at radius 1 is 1.16 bits per heavy atom. The molecular weight excluding hydrogens is 494 g/mol. The van der Waals surface area contributed by atoms with E-state index in [-0.39, 0.29) is 23.4 Å². The summed E-state index contributed by atoms with van der Waals surface area (Å²) in [4.78, 5) is 37.4. The van der Waals surface area contributed by atoms with Gasteiger partial charge in [0.15, 0.2) is 37.6 Å². The Hall–Kier alpha value is -3.19. The van der Waals surface area contributed by atoms with Crippen molar-refractivity contribution >= 4 is 37.2 Å². The standard InChI is InChI=1S/C25H33N5O6Si/c1-15(31)35-20-19(32)17(12-34-37(5,6)25(2,3)4)36-24(20)30-14-28-18-21(26-13-27-22(18)30)29-23(33)16-10-8-7-9-11-16/h7-11,13-14,17,19-20,24,32H,12H2,1-6H3,(H,26,27,29,33)/t17-,19-,20-,24-/m1/s1. The lowest BCUT2D eigenvalue weighted by molar-refractivity contribution is -0.155. The van der Waals surface area contributed by atoms with Gasteiger partial charge in [-0.25, -0.2) is 15.0 Å². The maximum Gasteiger partial charge on any atom is 0.303 e. The lowest BCUT2D eigenvalue weighted by atomic mass is 10.1. The summed E-state index contributed by atoms with van der Waals surface area (Å²) in [6.07, 6.45) is -1.03. The van der Waals surface area contributed by atoms with Gasteiger partial charge in [0.2, 0.25) is 0 Å². The van der Waals surface area contributed by atoms with Gasteiger partial charge in [0.05, 0.1) is 12.9 Å². The molecule has 1 aliphatic rings. The number of rotatable bonds is 7. The minimum atomic E-state index is -2.12. The molecule has 2 aromatic heterocycles. The molecule has 4 atom stereocenters. The van der Waals surface area contributed by atoms with Crippen LogP contribution in [-0.4, -0.2) is 69.7 Å². The summed E-state index contributed by atoms with van der Waals surface area (Å²) in [6.45, 7) is 12.0. The summed E-state index contributed by atoms with van der Waals surface area (Å²) in [5.74, 6) is -0.681. The van der Waals surface area contributed by atoms with E-state index in [0.29, 0.717) is 16.7 Å². The van der Waals surface area contributed by atoms with E-state index in [9.17, 15) is 14.7 Å². The second kappa shape index (κ2) is 10.3. The molecule has 0 bridgehead atoms. The van der Waals surface area contributed by atoms with E-state index >= 15 is 0 Å². The first-order valence-electron chi connectivity index (χ1n) is 12.1. The number of imidazole rings is 1. The number of nitrogens with zero attached hydrogens (tertiary/aromatic N) is 4. The number of aromatic nitrogens is 4. The van der Waals surface area contributed by atoms with Crippen LogP contribution in [0.2, 0.25) is 18.1 Å². The number of hydrogen-bond donors (Lipinski definition) is 2. The molecule has 2 N–H and O–H groups in total. The molecule has 0 spiro atoms. The Morgan fingerprint density at radius 2 is 1.86 bits per heavy atom. The molecule has 37 heavy (non-hydrogen) atoms. The highest BCUT2D eigenvalue weighted by molar-refractivity contribution is 6.74. The first kappa shape index (κ1) is 26.9. The zero-order valence-corrected chi connectivity index (χ0v) is 22.8. The highest BCUT2D eigenvalue weighted by atomic mass is 28.4. The van der Waals surface area contributed by atoms with Gasteiger partial charge in [0, 0.05) is 12.5 Å². The van der Waals surface area contributed by atoms with Crippen LogP contribution in [0.3, 0.4) is 0 Å². The van der Waals surface area contributed by atoms with Gasteiger partial charge in [0.1, 0.15) is 18.5 Å². The van der Waals surface area contributed by atoms with Crippen molar-refractivity contribution < 1.29 is 28.6 Å². The molecule has 3 heterocycles. The SMILES string of the molecule is CC(=O)O[C@@H]1[C@H](O)[C@@H](CO[Si](C)(C)C(C)(C)C)O[C@H]1n1cnc2c(NC(=O)c3ccccc3)ncnc21. The van der Waals surface area contributed by atoms with Crippen LogP contribution in [0.15, 0.2) is 43.0 Å². The predicted molar refractivity (Wildman–Crippen MR) is 138 cm³/mol. The molecule has 4 rings (SSSR count). The molecule has 1 fully saturated rings. The van der Waals surface area contributed by atoms with Gasteiger partial charge in [-0.1, -0.05) is 39.0 Å². The van der Waals surface area contributed by atoms with Crippen molar-refractivity contribution in [1.29, 1.82) is 0 Å². The number of anilines is 1. The van der Waals surface area contributed by atoms with Crippen LogP contribution in [0, 0.1) is 0 Å². The van der Waals surface area contributed by atoms with Crippen molar-refractivity contribution in [2.45, 2.75) is 70.4 Å². The lowest BCUT2D eigenvalue weighted by Crippen LogP contribution is -2.44. The van der Waals surface area contributed by atoms with Crippen molar-refractivity contribution in [2.75, 3.05) is 11.9 Å². The molecule has 198 valence electrons. The van der Waals surface area contributed by atoms with Crippen LogP contribution in [0.25, 0.3) is 11.2 Å². The highest BCUT2D eigenvalue weighted by Crippen LogP contribution is 2.39. The van der Waals surface area contributed by atoms with Gasteiger partial charge in [-0.05, 0) is 30.3 Å². The Balaban J connectivity index is 1.61. The number of amides is 1. The van der Waals surface area contributed by atoms with Crippen LogP contribution in [0.4, 0.5) is 5.82 Å². The summed E-state index contributed by atoms with van der Waals surface area (Å²) in [5, 5.41) is 13.8. The minimum Gasteiger partial charge on any atom is -0.455 e. The van der Waals surface area contributed by atoms with E-state index in [2.05, 4.69) is 54.1 Å². The predicted octanol–water partition coefficient (Wildman–Crippen LogP) is 3.29. The fourth-order valence-corrected chi connectivity index (χ4v) is 4.82. The second-order valence-corrected chi connectivity index (χ2v) is 15.4. The van der Waals surface area contributed by atoms with Gasteiger partial charge in [-0.3, -0.25) is 14.2 Å². The molecule has 12 heteroatoms. The average molecular weight is 528 g/mol. The van der Waals surface area contributed by atoms with E-state index in [0.717, 1.165) is 0 Å². The largest absolute Gasteiger partial charge is 0.455 e. The first-order valence-corrected chi connectivity index (χ1v) is 15.0. The van der Waals surface area contributed by atoms with Gasteiger partial charge in [-0.15, -0.1) is 0 Å². The number of aliphatic hydroxyl groups excluding tert-OH is 1. The van der Waals surface area contributed by atoms with Crippen LogP contribution >= 0.6 is 0 Å². The highest BCUT2D eigenvalue weighted by Gasteiger charge is 2.49. The van der Waals surface area contributed by atoms with Crippen molar-refractivity contribution in [3.05, 3.63) is 48.5 Å². The fraction of sp³-hybridized carbons (Fsp3) is 0.480. The zero-order chi connectivity index (χ0) is 27.0. The molecule has 1 aromatic carbocycles. The van der Waals surface area contributed by atoms with Crippen molar-refractivity contribution in [3.8, 4) is 0 Å². The number of aliphatic hydroxyl groups is 1. The number of esters is 1. The average Bonchev–Trinajstić information content (AvgIpc) is 3.39. The number of benzene rings is 1. The number of carbonyl (C=O) groups is 2. The molecule has 1 amide bonds. The maximum absolute atomic E-state index is 12.7. The topological polar surface area (TPSA) is 138 Å². The Bertz CT molecular complexity index is 1280. The summed E-state index contributed by atoms with van der Waals surface area (Å²) >= 11 is 0. The van der Waals surface area contributed by atoms with Gasteiger partial charge < -0.3 is 24.3 Å². The van der Waals surface area contributed by atoms with Crippen molar-refractivity contribution in [1.82, 2.24) is 19.5 Å². The van der Waals surface area contributed by atoms with Crippen molar-refractivity contribution in [3.63, 3.8) is 0 Å². The molecule has 0 unspecified atom stereocenters. The molecule has 3 aromatic rings. The molecule has 1 saturated heterocycles. The summed E-state index contributed by atoms with van der Waals surface area (Å²) < 4.78 is 19.5. The minimum absolute atomic E-state index is 0.0245. The third kappa shape index (κ3) is 5.56. The maximum atomic E-state index is 12.7. The van der Waals surface area contributed by atoms with Crippen LogP contribution in [0.1, 0.15) is 44.3 Å². The smallest absolute Gasteiger partial charge is 0.303 e. The Kier molecular flexibility index (Phi) is 7.47. The molecule has 0 saturated carbocycles. The van der Waals surface area contributed by atoms with E-state index in [1.165, 1.54) is 19.6 Å². The fourth-order valence-electron chi connectivity index (χ4n) is 3.80. The van der Waals surface area contributed by atoms with E-state index in [1.54, 1.807) is 28.8 Å². The number of fused-ring (bicyclic) bond motifs is 1. The van der Waals surface area contributed by atoms with Gasteiger partial charge >= 0.3 is 5.97 Å². The third-order valence-electron chi connectivity index (χ3n) is 6.93. The number of nitrogens with one attached hydrogen (secondary N) is 1. The van der Waals surface area contributed by atoms with Crippen LogP contribution < -0.4 is 5.32 Å². The third-order valence-corrected chi connectivity index (χ3v) is 11.4. The molecule has 0 aliphatic carbocycles.